The van der Waals surface area contributed by atoms with Gasteiger partial charge in [0.25, 0.3) is 0 Å². The minimum atomic E-state index is -0.489. The second-order valence-electron chi connectivity index (χ2n) is 4.99. The van der Waals surface area contributed by atoms with E-state index in [1.807, 2.05) is 0 Å². The normalized spacial score (nSPS) is 16.3. The van der Waals surface area contributed by atoms with Crippen molar-refractivity contribution in [1.82, 2.24) is 0 Å². The third-order valence-electron chi connectivity index (χ3n) is 3.46. The first-order chi connectivity index (χ1) is 9.15. The number of carbonyl (C=O) groups excluding carboxylic acids is 1. The summed E-state index contributed by atoms with van der Waals surface area (Å²) in [5.74, 6) is -1.29. The predicted molar refractivity (Wildman–Crippen MR) is 67.6 cm³/mol. The van der Waals surface area contributed by atoms with Crippen molar-refractivity contribution in [3.63, 3.8) is 0 Å². The number of rotatable bonds is 4. The Morgan fingerprint density at radius 2 is 1.95 bits per heavy atom. The largest absolute Gasteiger partial charge is 0.462 e. The van der Waals surface area contributed by atoms with E-state index in [0.717, 1.165) is 43.9 Å². The minimum absolute atomic E-state index is 0.0126. The number of aryl methyl sites for hydroxylation is 1. The van der Waals surface area contributed by atoms with Crippen LogP contribution in [0.4, 0.5) is 8.78 Å². The standard InChI is InChI=1S/C15H18F2O2/c16-12-7-8-14(17)11(10-12)6-9-15(18)19-13-4-2-1-3-5-13/h7-8,10,13H,1-6,9H2. The average molecular weight is 268 g/mol. The molecule has 0 aliphatic heterocycles. The van der Waals surface area contributed by atoms with Crippen molar-refractivity contribution in [1.29, 1.82) is 0 Å². The lowest BCUT2D eigenvalue weighted by atomic mass is 9.98. The highest BCUT2D eigenvalue weighted by molar-refractivity contribution is 5.69. The summed E-state index contributed by atoms with van der Waals surface area (Å²) < 4.78 is 31.6. The smallest absolute Gasteiger partial charge is 0.306 e. The molecule has 1 aromatic rings. The first-order valence-electron chi connectivity index (χ1n) is 6.78. The highest BCUT2D eigenvalue weighted by Crippen LogP contribution is 2.21. The van der Waals surface area contributed by atoms with E-state index in [2.05, 4.69) is 0 Å². The first kappa shape index (κ1) is 14.0. The molecule has 0 aromatic heterocycles. The van der Waals surface area contributed by atoms with Crippen molar-refractivity contribution in [3.05, 3.63) is 35.4 Å². The quantitative estimate of drug-likeness (QED) is 0.777. The Kier molecular flexibility index (Phi) is 4.88. The van der Waals surface area contributed by atoms with Gasteiger partial charge in [0.2, 0.25) is 0 Å². The predicted octanol–water partition coefficient (Wildman–Crippen LogP) is 3.77. The van der Waals surface area contributed by atoms with Gasteiger partial charge in [-0.3, -0.25) is 4.79 Å². The Bertz CT molecular complexity index is 440. The van der Waals surface area contributed by atoms with Gasteiger partial charge >= 0.3 is 5.97 Å². The number of hydrogen-bond acceptors (Lipinski definition) is 2. The highest BCUT2D eigenvalue weighted by atomic mass is 19.1. The van der Waals surface area contributed by atoms with E-state index in [1.165, 1.54) is 6.42 Å². The Morgan fingerprint density at radius 3 is 2.68 bits per heavy atom. The Labute approximate surface area is 111 Å². The number of carbonyl (C=O) groups is 1. The molecular formula is C15H18F2O2. The summed E-state index contributed by atoms with van der Waals surface area (Å²) in [6.07, 6.45) is 5.50. The maximum Gasteiger partial charge on any atom is 0.306 e. The van der Waals surface area contributed by atoms with Crippen molar-refractivity contribution in [2.75, 3.05) is 0 Å². The zero-order valence-electron chi connectivity index (χ0n) is 10.8. The summed E-state index contributed by atoms with van der Waals surface area (Å²) in [6.45, 7) is 0. The van der Waals surface area contributed by atoms with Gasteiger partial charge in [0.15, 0.2) is 0 Å². The van der Waals surface area contributed by atoms with E-state index in [1.54, 1.807) is 0 Å². The van der Waals surface area contributed by atoms with Gasteiger partial charge < -0.3 is 4.74 Å². The summed E-state index contributed by atoms with van der Waals surface area (Å²) in [7, 11) is 0. The van der Waals surface area contributed by atoms with Gasteiger partial charge in [-0.2, -0.15) is 0 Å². The average Bonchev–Trinajstić information content (AvgIpc) is 2.41. The fraction of sp³-hybridized carbons (Fsp3) is 0.533. The molecule has 0 radical (unpaired) electrons. The van der Waals surface area contributed by atoms with Gasteiger partial charge in [0.1, 0.15) is 17.7 Å². The van der Waals surface area contributed by atoms with Crippen LogP contribution in [0.25, 0.3) is 0 Å². The molecule has 2 rings (SSSR count). The molecule has 0 saturated heterocycles. The van der Waals surface area contributed by atoms with Crippen LogP contribution in [0.15, 0.2) is 18.2 Å². The molecule has 0 N–H and O–H groups in total. The molecule has 1 saturated carbocycles. The van der Waals surface area contributed by atoms with Gasteiger partial charge in [0, 0.05) is 6.42 Å². The lowest BCUT2D eigenvalue weighted by Crippen LogP contribution is -2.21. The van der Waals surface area contributed by atoms with Crippen LogP contribution in [-0.2, 0) is 16.0 Å². The molecule has 0 amide bonds. The van der Waals surface area contributed by atoms with Crippen LogP contribution in [0.5, 0.6) is 0 Å². The number of hydrogen-bond donors (Lipinski definition) is 0. The minimum Gasteiger partial charge on any atom is -0.462 e. The third kappa shape index (κ3) is 4.30. The van der Waals surface area contributed by atoms with Crippen molar-refractivity contribution >= 4 is 5.97 Å². The van der Waals surface area contributed by atoms with Crippen LogP contribution >= 0.6 is 0 Å². The van der Waals surface area contributed by atoms with E-state index in [4.69, 9.17) is 4.74 Å². The Hall–Kier alpha value is -1.45. The van der Waals surface area contributed by atoms with Crippen molar-refractivity contribution in [2.45, 2.75) is 51.0 Å². The molecule has 104 valence electrons. The van der Waals surface area contributed by atoms with E-state index < -0.39 is 11.6 Å². The molecule has 1 aromatic carbocycles. The number of benzene rings is 1. The third-order valence-corrected chi connectivity index (χ3v) is 3.46. The molecule has 0 bridgehead atoms. The Morgan fingerprint density at radius 1 is 1.21 bits per heavy atom. The highest BCUT2D eigenvalue weighted by Gasteiger charge is 2.17. The topological polar surface area (TPSA) is 26.3 Å². The van der Waals surface area contributed by atoms with Gasteiger partial charge in [-0.1, -0.05) is 6.42 Å². The molecule has 1 fully saturated rings. The monoisotopic (exact) mass is 268 g/mol. The second-order valence-corrected chi connectivity index (χ2v) is 4.99. The molecule has 0 spiro atoms. The lowest BCUT2D eigenvalue weighted by molar-refractivity contribution is -0.150. The maximum atomic E-state index is 13.4. The summed E-state index contributed by atoms with van der Waals surface area (Å²) in [6, 6.07) is 3.28. The van der Waals surface area contributed by atoms with E-state index >= 15 is 0 Å². The van der Waals surface area contributed by atoms with Crippen LogP contribution in [0, 0.1) is 11.6 Å². The zero-order valence-corrected chi connectivity index (χ0v) is 10.8. The molecule has 0 heterocycles. The van der Waals surface area contributed by atoms with Crippen LogP contribution in [-0.4, -0.2) is 12.1 Å². The van der Waals surface area contributed by atoms with Crippen molar-refractivity contribution in [3.8, 4) is 0 Å². The van der Waals surface area contributed by atoms with Crippen molar-refractivity contribution < 1.29 is 18.3 Å². The van der Waals surface area contributed by atoms with Crippen LogP contribution in [0.1, 0.15) is 44.1 Å². The van der Waals surface area contributed by atoms with Gasteiger partial charge in [-0.05, 0) is 55.9 Å². The fourth-order valence-electron chi connectivity index (χ4n) is 2.40. The molecular weight excluding hydrogens is 250 g/mol. The maximum absolute atomic E-state index is 13.4. The van der Waals surface area contributed by atoms with E-state index in [0.29, 0.717) is 0 Å². The van der Waals surface area contributed by atoms with Gasteiger partial charge in [0.05, 0.1) is 0 Å². The summed E-state index contributed by atoms with van der Waals surface area (Å²) in [5.41, 5.74) is 0.223. The number of halogens is 2. The summed E-state index contributed by atoms with van der Waals surface area (Å²) in [5, 5.41) is 0. The number of ether oxygens (including phenoxy) is 1. The Balaban J connectivity index is 1.81. The summed E-state index contributed by atoms with van der Waals surface area (Å²) in [4.78, 5) is 11.6. The molecule has 0 atom stereocenters. The van der Waals surface area contributed by atoms with Crippen LogP contribution in [0.2, 0.25) is 0 Å². The van der Waals surface area contributed by atoms with Crippen LogP contribution < -0.4 is 0 Å². The van der Waals surface area contributed by atoms with Gasteiger partial charge in [-0.25, -0.2) is 8.78 Å². The second kappa shape index (κ2) is 6.64. The lowest BCUT2D eigenvalue weighted by Gasteiger charge is -2.21. The molecule has 0 unspecified atom stereocenters. The molecule has 1 aliphatic rings. The molecule has 4 heteroatoms. The summed E-state index contributed by atoms with van der Waals surface area (Å²) >= 11 is 0. The van der Waals surface area contributed by atoms with Crippen LogP contribution in [0.3, 0.4) is 0 Å². The van der Waals surface area contributed by atoms with E-state index in [-0.39, 0.29) is 30.5 Å². The molecule has 2 nitrogen and oxygen atoms in total. The van der Waals surface area contributed by atoms with Gasteiger partial charge in [-0.15, -0.1) is 0 Å². The fourth-order valence-corrected chi connectivity index (χ4v) is 2.40. The SMILES string of the molecule is O=C(CCc1cc(F)ccc1F)OC1CCCCC1. The zero-order chi connectivity index (χ0) is 13.7. The van der Waals surface area contributed by atoms with Crippen molar-refractivity contribution in [2.24, 2.45) is 0 Å². The van der Waals surface area contributed by atoms with E-state index in [9.17, 15) is 13.6 Å². The molecule has 1 aliphatic carbocycles. The number of esters is 1. The molecule has 19 heavy (non-hydrogen) atoms. The first-order valence-corrected chi connectivity index (χ1v) is 6.78.